The van der Waals surface area contributed by atoms with Crippen molar-refractivity contribution < 1.29 is 47.4 Å². The van der Waals surface area contributed by atoms with E-state index in [0.29, 0.717) is 56.2 Å². The van der Waals surface area contributed by atoms with Gasteiger partial charge in [0.2, 0.25) is 10.0 Å². The van der Waals surface area contributed by atoms with E-state index in [1.807, 2.05) is 0 Å². The number of nitrogens with one attached hydrogen (secondary N) is 2. The number of aromatic nitrogens is 1. The zero-order valence-corrected chi connectivity index (χ0v) is 32.3. The van der Waals surface area contributed by atoms with Gasteiger partial charge in [0.1, 0.15) is 22.3 Å². The number of hydrogen-bond acceptors (Lipinski definition) is 10. The number of anilines is 2. The van der Waals surface area contributed by atoms with Gasteiger partial charge in [-0.15, -0.1) is 0 Å². The first-order chi connectivity index (χ1) is 25.4. The number of carbonyl (C=O) groups is 2. The first kappa shape index (κ1) is 40.6. The number of pyridine rings is 1. The molecule has 1 aromatic heterocycles. The van der Waals surface area contributed by atoms with Gasteiger partial charge < -0.3 is 24.4 Å². The number of halogens is 2. The van der Waals surface area contributed by atoms with E-state index in [2.05, 4.69) is 14.6 Å². The lowest BCUT2D eigenvalue weighted by atomic mass is 9.86. The number of methoxy groups -OCH3 is 2. The summed E-state index contributed by atoms with van der Waals surface area (Å²) in [5, 5.41) is 0.754. The second-order valence-electron chi connectivity index (χ2n) is 13.1. The minimum Gasteiger partial charge on any atom is -0.870 e. The van der Waals surface area contributed by atoms with Gasteiger partial charge in [-0.3, -0.25) is 14.5 Å². The fourth-order valence-corrected chi connectivity index (χ4v) is 7.85. The topological polar surface area (TPSA) is 168 Å². The molecule has 54 heavy (non-hydrogen) atoms. The number of benzene rings is 3. The highest BCUT2D eigenvalue weighted by Gasteiger charge is 2.37. The summed E-state index contributed by atoms with van der Waals surface area (Å²) in [6, 6.07) is 18.5. The van der Waals surface area contributed by atoms with Crippen molar-refractivity contribution >= 4 is 56.7 Å². The molecule has 16 heteroatoms. The summed E-state index contributed by atoms with van der Waals surface area (Å²) in [6.45, 7) is 2.66. The Morgan fingerprint density at radius 1 is 0.963 bits per heavy atom. The van der Waals surface area contributed by atoms with Gasteiger partial charge in [0.05, 0.1) is 38.3 Å². The molecule has 3 aliphatic rings. The van der Waals surface area contributed by atoms with Gasteiger partial charge in [-0.05, 0) is 85.4 Å². The molecule has 13 nitrogen and oxygen atoms in total. The normalized spacial score (nSPS) is 18.1. The van der Waals surface area contributed by atoms with Crippen LogP contribution in [-0.2, 0) is 32.5 Å². The molecule has 288 valence electrons. The Balaban J connectivity index is 0.00000561. The summed E-state index contributed by atoms with van der Waals surface area (Å²) < 4.78 is 49.7. The Morgan fingerprint density at radius 2 is 1.67 bits per heavy atom. The Labute approximate surface area is 324 Å². The van der Waals surface area contributed by atoms with Crippen LogP contribution in [-0.4, -0.2) is 77.1 Å². The number of sulfonamides is 1. The van der Waals surface area contributed by atoms with Crippen molar-refractivity contribution in [2.75, 3.05) is 49.7 Å². The molecule has 2 atom stereocenters. The van der Waals surface area contributed by atoms with Crippen LogP contribution < -0.4 is 24.1 Å². The predicted octanol–water partition coefficient (Wildman–Crippen LogP) is 6.40. The van der Waals surface area contributed by atoms with Crippen molar-refractivity contribution in [3.63, 3.8) is 0 Å². The van der Waals surface area contributed by atoms with Gasteiger partial charge in [0.25, 0.3) is 0 Å². The van der Waals surface area contributed by atoms with E-state index in [0.717, 1.165) is 32.2 Å². The average molecular weight is 802 g/mol. The highest BCUT2D eigenvalue weighted by Crippen LogP contribution is 2.36. The summed E-state index contributed by atoms with van der Waals surface area (Å²) in [5.41, 5.74) is 2.76. The average Bonchev–Trinajstić information content (AvgIpc) is 3.14. The van der Waals surface area contributed by atoms with Crippen LogP contribution in [0.5, 0.6) is 11.5 Å². The summed E-state index contributed by atoms with van der Waals surface area (Å²) in [5.74, 6) is 0.614. The van der Waals surface area contributed by atoms with Crippen molar-refractivity contribution in [3.05, 3.63) is 111 Å². The van der Waals surface area contributed by atoms with Crippen LogP contribution >= 0.6 is 23.2 Å². The van der Waals surface area contributed by atoms with E-state index in [1.54, 1.807) is 79.1 Å². The van der Waals surface area contributed by atoms with Gasteiger partial charge in [-0.25, -0.2) is 23.0 Å². The number of aromatic amines is 1. The fraction of sp³-hybridized carbons (Fsp3) is 0.342. The predicted molar refractivity (Wildman–Crippen MR) is 203 cm³/mol. The second-order valence-corrected chi connectivity index (χ2v) is 15.7. The number of carbonyl (C=O) groups excluding carboxylic acids is 2. The van der Waals surface area contributed by atoms with Crippen LogP contribution in [0.2, 0.25) is 10.0 Å². The molecule has 0 saturated carbocycles. The lowest BCUT2D eigenvalue weighted by Crippen LogP contribution is -2.53. The van der Waals surface area contributed by atoms with Crippen LogP contribution in [0.3, 0.4) is 0 Å². The molecule has 0 unspecified atom stereocenters. The molecule has 0 spiro atoms. The number of piperidine rings is 3. The minimum atomic E-state index is -3.58. The first-order valence-electron chi connectivity index (χ1n) is 17.0. The summed E-state index contributed by atoms with van der Waals surface area (Å²) in [4.78, 5) is 34.5. The molecule has 4 heterocycles. The maximum Gasteiger partial charge on any atom is 0.414 e. The molecule has 0 radical (unpaired) electrons. The maximum atomic E-state index is 13.9. The minimum absolute atomic E-state index is 0. The Hall–Kier alpha value is -4.60. The standard InChI is InChI=1S/C38H40Cl2N4O8S.H2O/c1-49-33-11-10-26(17-35(33)50-2)34(19-30-31(39)20-41-21-32(30)40)51-37(45)27-7-4-6-24(16-27)22-44(29-9-5-8-28(18-29)42-53(3,47)48)38(46)52-36-23-43-14-12-25(36)13-15-43;/h4-11,16-18,20-21,25,34,36,42H,12-15,19,22-23H2,1-3H3;1H2/t34-,36-;/m0./s1. The van der Waals surface area contributed by atoms with E-state index >= 15 is 0 Å². The van der Waals surface area contributed by atoms with Gasteiger partial charge in [0.15, 0.2) is 23.9 Å². The van der Waals surface area contributed by atoms with E-state index in [1.165, 1.54) is 19.1 Å². The number of fused-ring (bicyclic) bond motifs is 3. The molecule has 2 bridgehead atoms. The number of rotatable bonds is 13. The lowest BCUT2D eigenvalue weighted by Gasteiger charge is -2.44. The summed E-state index contributed by atoms with van der Waals surface area (Å²) in [7, 11) is -0.527. The molecular formula is C38H42Cl2N4O9S. The van der Waals surface area contributed by atoms with Gasteiger partial charge >= 0.3 is 12.1 Å². The number of ether oxygens (including phenoxy) is 4. The number of amides is 1. The smallest absolute Gasteiger partial charge is 0.414 e. The van der Waals surface area contributed by atoms with E-state index < -0.39 is 28.2 Å². The molecule has 0 aliphatic carbocycles. The lowest BCUT2D eigenvalue weighted by molar-refractivity contribution is -0.377. The van der Waals surface area contributed by atoms with E-state index in [9.17, 15) is 18.0 Å². The van der Waals surface area contributed by atoms with Crippen molar-refractivity contribution in [2.24, 2.45) is 5.92 Å². The van der Waals surface area contributed by atoms with Gasteiger partial charge in [-0.1, -0.05) is 47.5 Å². The second kappa shape index (κ2) is 17.7. The van der Waals surface area contributed by atoms with Crippen LogP contribution in [0.15, 0.2) is 79.1 Å². The van der Waals surface area contributed by atoms with Crippen molar-refractivity contribution in [3.8, 4) is 11.5 Å². The SMILES string of the molecule is COc1ccc([C@H](Cc2c(Cl)c[nH+]cc2Cl)OC(=O)c2cccc(CN(C(=O)O[C@H]3CN4CCC3CC4)c3cccc(NS(C)(=O)=O)c3)c2)cc1OC.[OH-]. The highest BCUT2D eigenvalue weighted by molar-refractivity contribution is 7.92. The third kappa shape index (κ3) is 9.93. The Bertz CT molecular complexity index is 2060. The van der Waals surface area contributed by atoms with Gasteiger partial charge in [-0.2, -0.15) is 0 Å². The molecule has 1 amide bonds. The van der Waals surface area contributed by atoms with E-state index in [4.69, 9.17) is 42.1 Å². The Kier molecular flexibility index (Phi) is 13.3. The zero-order valence-electron chi connectivity index (χ0n) is 30.0. The molecular weight excluding hydrogens is 759 g/mol. The number of hydrogen-bond donors (Lipinski definition) is 1. The molecule has 7 rings (SSSR count). The van der Waals surface area contributed by atoms with Crippen LogP contribution in [0.4, 0.5) is 16.2 Å². The number of nitrogens with zero attached hydrogens (tertiary/aromatic N) is 2. The summed E-state index contributed by atoms with van der Waals surface area (Å²) in [6.07, 6.45) is 4.66. The quantitative estimate of drug-likeness (QED) is 0.150. The largest absolute Gasteiger partial charge is 0.870 e. The van der Waals surface area contributed by atoms with Crippen LogP contribution in [0.1, 0.15) is 46.0 Å². The third-order valence-electron chi connectivity index (χ3n) is 9.45. The monoisotopic (exact) mass is 800 g/mol. The third-order valence-corrected chi connectivity index (χ3v) is 10.7. The number of esters is 1. The summed E-state index contributed by atoms with van der Waals surface area (Å²) >= 11 is 13.0. The van der Waals surface area contributed by atoms with Crippen molar-refractivity contribution in [1.29, 1.82) is 0 Å². The molecule has 4 aromatic rings. The maximum absolute atomic E-state index is 13.9. The number of H-pyrrole nitrogens is 1. The molecule has 3 fully saturated rings. The highest BCUT2D eigenvalue weighted by atomic mass is 35.5. The molecule has 3 N–H and O–H groups in total. The zero-order chi connectivity index (χ0) is 37.7. The van der Waals surface area contributed by atoms with Crippen molar-refractivity contribution in [1.82, 2.24) is 4.90 Å². The molecule has 3 aliphatic heterocycles. The Morgan fingerprint density at radius 3 is 2.31 bits per heavy atom. The van der Waals surface area contributed by atoms with Crippen molar-refractivity contribution in [2.45, 2.75) is 38.0 Å². The fourth-order valence-electron chi connectivity index (χ4n) is 6.76. The first-order valence-corrected chi connectivity index (χ1v) is 19.7. The molecule has 3 aromatic carbocycles. The van der Waals surface area contributed by atoms with Gasteiger partial charge in [0, 0.05) is 24.2 Å². The van der Waals surface area contributed by atoms with Crippen LogP contribution in [0, 0.1) is 5.92 Å². The molecule has 3 saturated heterocycles. The van der Waals surface area contributed by atoms with Crippen LogP contribution in [0.25, 0.3) is 0 Å². The van der Waals surface area contributed by atoms with E-state index in [-0.39, 0.29) is 36.0 Å².